The highest BCUT2D eigenvalue weighted by Crippen LogP contribution is 2.02. The van der Waals surface area contributed by atoms with Crippen LogP contribution in [-0.4, -0.2) is 21.8 Å². The predicted molar refractivity (Wildman–Crippen MR) is 63.1 cm³/mol. The third-order valence-electron chi connectivity index (χ3n) is 2.32. The minimum absolute atomic E-state index is 0.728. The lowest BCUT2D eigenvalue weighted by atomic mass is 10.3. The van der Waals surface area contributed by atoms with Gasteiger partial charge in [0.2, 0.25) is 0 Å². The number of rotatable bonds is 4. The maximum absolute atomic E-state index is 4.54. The van der Waals surface area contributed by atoms with E-state index in [-0.39, 0.29) is 0 Å². The lowest BCUT2D eigenvalue weighted by Crippen LogP contribution is -2.09. The fourth-order valence-corrected chi connectivity index (χ4v) is 1.61. The molecule has 0 aliphatic rings. The Bertz CT molecular complexity index is 462. The monoisotopic (exact) mass is 216 g/mol. The van der Waals surface area contributed by atoms with Crippen molar-refractivity contribution in [3.05, 3.63) is 47.5 Å². The molecule has 1 N–H and O–H groups in total. The highest BCUT2D eigenvalue weighted by molar-refractivity contribution is 5.11. The second-order valence-electron chi connectivity index (χ2n) is 3.81. The molecule has 0 amide bonds. The molecular formula is C12H16N4. The zero-order valence-electron chi connectivity index (χ0n) is 9.64. The van der Waals surface area contributed by atoms with Gasteiger partial charge in [0.1, 0.15) is 0 Å². The maximum atomic E-state index is 4.54. The summed E-state index contributed by atoms with van der Waals surface area (Å²) >= 11 is 0. The van der Waals surface area contributed by atoms with E-state index in [4.69, 9.17) is 0 Å². The van der Waals surface area contributed by atoms with Gasteiger partial charge in [-0.05, 0) is 32.2 Å². The van der Waals surface area contributed by atoms with Crippen LogP contribution in [0.3, 0.4) is 0 Å². The van der Waals surface area contributed by atoms with Crippen molar-refractivity contribution in [1.29, 1.82) is 0 Å². The molecule has 0 atom stereocenters. The zero-order valence-corrected chi connectivity index (χ0v) is 9.64. The molecule has 0 aliphatic heterocycles. The summed E-state index contributed by atoms with van der Waals surface area (Å²) in [5.41, 5.74) is 3.13. The van der Waals surface area contributed by atoms with Crippen LogP contribution < -0.4 is 5.32 Å². The van der Waals surface area contributed by atoms with Crippen molar-refractivity contribution in [2.75, 3.05) is 7.05 Å². The Morgan fingerprint density at radius 1 is 1.25 bits per heavy atom. The van der Waals surface area contributed by atoms with Gasteiger partial charge in [-0.1, -0.05) is 6.07 Å². The lowest BCUT2D eigenvalue weighted by molar-refractivity contribution is 0.659. The highest BCUT2D eigenvalue weighted by atomic mass is 15.3. The number of nitrogens with one attached hydrogen (secondary N) is 1. The molecule has 0 unspecified atom stereocenters. The van der Waals surface area contributed by atoms with Crippen LogP contribution in [0.2, 0.25) is 0 Å². The SMILES string of the molecule is CNCc1cccc(Cn2ccc(C)n2)n1. The van der Waals surface area contributed by atoms with Gasteiger partial charge in [-0.15, -0.1) is 0 Å². The number of aryl methyl sites for hydroxylation is 1. The van der Waals surface area contributed by atoms with Gasteiger partial charge >= 0.3 is 0 Å². The fourth-order valence-electron chi connectivity index (χ4n) is 1.61. The molecule has 0 fully saturated rings. The van der Waals surface area contributed by atoms with Crippen LogP contribution in [-0.2, 0) is 13.1 Å². The van der Waals surface area contributed by atoms with Crippen LogP contribution >= 0.6 is 0 Å². The van der Waals surface area contributed by atoms with Crippen LogP contribution in [0.5, 0.6) is 0 Å². The molecule has 2 aromatic heterocycles. The van der Waals surface area contributed by atoms with E-state index < -0.39 is 0 Å². The summed E-state index contributed by atoms with van der Waals surface area (Å²) in [6.45, 7) is 3.51. The summed E-state index contributed by atoms with van der Waals surface area (Å²) in [6.07, 6.45) is 1.97. The standard InChI is InChI=1S/C12H16N4/c1-10-6-7-16(15-10)9-12-5-3-4-11(14-12)8-13-2/h3-7,13H,8-9H2,1-2H3. The van der Waals surface area contributed by atoms with E-state index in [0.717, 1.165) is 30.2 Å². The molecule has 84 valence electrons. The molecule has 4 heteroatoms. The van der Waals surface area contributed by atoms with Crippen molar-refractivity contribution in [2.45, 2.75) is 20.0 Å². The number of nitrogens with zero attached hydrogens (tertiary/aromatic N) is 3. The van der Waals surface area contributed by atoms with Gasteiger partial charge in [-0.3, -0.25) is 9.67 Å². The molecule has 2 rings (SSSR count). The molecule has 16 heavy (non-hydrogen) atoms. The summed E-state index contributed by atoms with van der Waals surface area (Å²) in [4.78, 5) is 4.54. The van der Waals surface area contributed by atoms with Crippen molar-refractivity contribution in [1.82, 2.24) is 20.1 Å². The van der Waals surface area contributed by atoms with Crippen LogP contribution in [0.15, 0.2) is 30.5 Å². The van der Waals surface area contributed by atoms with Gasteiger partial charge in [0.15, 0.2) is 0 Å². The van der Waals surface area contributed by atoms with Crippen LogP contribution in [0.1, 0.15) is 17.1 Å². The van der Waals surface area contributed by atoms with E-state index in [2.05, 4.69) is 15.4 Å². The summed E-state index contributed by atoms with van der Waals surface area (Å²) in [5.74, 6) is 0. The second-order valence-corrected chi connectivity index (χ2v) is 3.81. The van der Waals surface area contributed by atoms with Crippen molar-refractivity contribution in [3.63, 3.8) is 0 Å². The Balaban J connectivity index is 2.12. The minimum Gasteiger partial charge on any atom is -0.314 e. The number of pyridine rings is 1. The van der Waals surface area contributed by atoms with E-state index in [0.29, 0.717) is 0 Å². The first-order valence-electron chi connectivity index (χ1n) is 5.37. The maximum Gasteiger partial charge on any atom is 0.0831 e. The topological polar surface area (TPSA) is 42.7 Å². The van der Waals surface area contributed by atoms with Crippen molar-refractivity contribution in [2.24, 2.45) is 0 Å². The van der Waals surface area contributed by atoms with Gasteiger partial charge in [-0.25, -0.2) is 0 Å². The van der Waals surface area contributed by atoms with Gasteiger partial charge in [0.25, 0.3) is 0 Å². The average Bonchev–Trinajstić information content (AvgIpc) is 2.65. The van der Waals surface area contributed by atoms with Gasteiger partial charge in [0.05, 0.1) is 23.6 Å². The summed E-state index contributed by atoms with van der Waals surface area (Å²) in [5, 5.41) is 7.44. The van der Waals surface area contributed by atoms with Gasteiger partial charge < -0.3 is 5.32 Å². The van der Waals surface area contributed by atoms with E-state index in [9.17, 15) is 0 Å². The minimum atomic E-state index is 0.728. The molecule has 4 nitrogen and oxygen atoms in total. The van der Waals surface area contributed by atoms with E-state index in [1.165, 1.54) is 0 Å². The molecule has 2 aromatic rings. The smallest absolute Gasteiger partial charge is 0.0831 e. The molecule has 0 aliphatic carbocycles. The summed E-state index contributed by atoms with van der Waals surface area (Å²) in [6, 6.07) is 8.08. The first-order chi connectivity index (χ1) is 7.78. The quantitative estimate of drug-likeness (QED) is 0.839. The summed E-state index contributed by atoms with van der Waals surface area (Å²) < 4.78 is 1.90. The molecule has 2 heterocycles. The Hall–Kier alpha value is -1.68. The zero-order chi connectivity index (χ0) is 11.4. The molecule has 0 bridgehead atoms. The van der Waals surface area contributed by atoms with Crippen LogP contribution in [0.4, 0.5) is 0 Å². The highest BCUT2D eigenvalue weighted by Gasteiger charge is 1.99. The molecule has 0 spiro atoms. The summed E-state index contributed by atoms with van der Waals surface area (Å²) in [7, 11) is 1.92. The number of hydrogen-bond acceptors (Lipinski definition) is 3. The Morgan fingerprint density at radius 3 is 2.75 bits per heavy atom. The Kier molecular flexibility index (Phi) is 3.31. The van der Waals surface area contributed by atoms with Crippen molar-refractivity contribution in [3.8, 4) is 0 Å². The molecule has 0 radical (unpaired) electrons. The van der Waals surface area contributed by atoms with E-state index >= 15 is 0 Å². The second kappa shape index (κ2) is 4.90. The normalized spacial score (nSPS) is 10.6. The first kappa shape index (κ1) is 10.8. The number of aromatic nitrogens is 3. The lowest BCUT2D eigenvalue weighted by Gasteiger charge is -2.04. The molecule has 0 saturated heterocycles. The average molecular weight is 216 g/mol. The third-order valence-corrected chi connectivity index (χ3v) is 2.32. The van der Waals surface area contributed by atoms with E-state index in [1.54, 1.807) is 0 Å². The predicted octanol–water partition coefficient (Wildman–Crippen LogP) is 1.35. The van der Waals surface area contributed by atoms with E-state index in [1.807, 2.05) is 49.1 Å². The van der Waals surface area contributed by atoms with Crippen molar-refractivity contribution < 1.29 is 0 Å². The largest absolute Gasteiger partial charge is 0.314 e. The third kappa shape index (κ3) is 2.67. The number of hydrogen-bond donors (Lipinski definition) is 1. The Morgan fingerprint density at radius 2 is 2.06 bits per heavy atom. The van der Waals surface area contributed by atoms with Gasteiger partial charge in [-0.2, -0.15) is 5.10 Å². The van der Waals surface area contributed by atoms with Gasteiger partial charge in [0, 0.05) is 12.7 Å². The van der Waals surface area contributed by atoms with Crippen LogP contribution in [0, 0.1) is 6.92 Å². The van der Waals surface area contributed by atoms with Crippen LogP contribution in [0.25, 0.3) is 0 Å². The molecular weight excluding hydrogens is 200 g/mol. The fraction of sp³-hybridized carbons (Fsp3) is 0.333. The van der Waals surface area contributed by atoms with Crippen molar-refractivity contribution >= 4 is 0 Å². The molecule has 0 aromatic carbocycles. The molecule has 0 saturated carbocycles. The first-order valence-corrected chi connectivity index (χ1v) is 5.37. The Labute approximate surface area is 95.3 Å².